The van der Waals surface area contributed by atoms with Crippen molar-refractivity contribution in [2.24, 2.45) is 4.99 Å². The van der Waals surface area contributed by atoms with Crippen LogP contribution in [-0.4, -0.2) is 50.7 Å². The van der Waals surface area contributed by atoms with Crippen LogP contribution in [0.25, 0.3) is 0 Å². The summed E-state index contributed by atoms with van der Waals surface area (Å²) in [7, 11) is -0.728. The first-order valence-electron chi connectivity index (χ1n) is 12.0. The molecule has 5 rings (SSSR count). The molecule has 2 aliphatic rings. The van der Waals surface area contributed by atoms with Gasteiger partial charge in [0.1, 0.15) is 29.3 Å². The second-order valence-corrected chi connectivity index (χ2v) is 10.4. The van der Waals surface area contributed by atoms with E-state index in [0.29, 0.717) is 29.7 Å². The second kappa shape index (κ2) is 12.4. The van der Waals surface area contributed by atoms with E-state index >= 15 is 0 Å². The number of fused-ring (bicyclic) bond motifs is 1. The van der Waals surface area contributed by atoms with Gasteiger partial charge in [-0.25, -0.2) is 4.99 Å². The number of halogens is 1. The highest BCUT2D eigenvalue weighted by Crippen LogP contribution is 2.36. The van der Waals surface area contributed by atoms with Crippen molar-refractivity contribution in [3.05, 3.63) is 112 Å². The summed E-state index contributed by atoms with van der Waals surface area (Å²) >= 11 is 6.52. The van der Waals surface area contributed by atoms with Gasteiger partial charge in [-0.3, -0.25) is 4.98 Å². The molecule has 2 aliphatic heterocycles. The Bertz CT molecular complexity index is 1400. The first kappa shape index (κ1) is 26.1. The van der Waals surface area contributed by atoms with Crippen molar-refractivity contribution in [1.82, 2.24) is 9.88 Å². The molecule has 0 aliphatic carbocycles. The largest absolute Gasteiger partial charge is 0.486 e. The van der Waals surface area contributed by atoms with E-state index in [0.717, 1.165) is 27.5 Å². The molecular formula is C28H27ClN4O4S. The van der Waals surface area contributed by atoms with E-state index in [2.05, 4.69) is 22.4 Å². The normalized spacial score (nSPS) is 17.1. The van der Waals surface area contributed by atoms with E-state index in [9.17, 15) is 10.2 Å². The molecule has 3 aromatic rings. The highest BCUT2D eigenvalue weighted by molar-refractivity contribution is 8.15. The lowest BCUT2D eigenvalue weighted by molar-refractivity contribution is 0.0603. The van der Waals surface area contributed by atoms with E-state index in [1.165, 1.54) is 0 Å². The number of hydrogen-bond donors (Lipinski definition) is 3. The maximum absolute atomic E-state index is 9.82. The van der Waals surface area contributed by atoms with E-state index < -0.39 is 16.9 Å². The molecule has 0 radical (unpaired) electrons. The number of nitrogens with zero attached hydrogens (tertiary/aromatic N) is 3. The number of rotatable bonds is 11. The number of anilines is 1. The highest BCUT2D eigenvalue weighted by Gasteiger charge is 2.27. The molecule has 0 fully saturated rings. The Kier molecular flexibility index (Phi) is 8.52. The molecule has 2 atom stereocenters. The van der Waals surface area contributed by atoms with Crippen LogP contribution in [0.2, 0.25) is 5.02 Å². The zero-order valence-corrected chi connectivity index (χ0v) is 22.0. The summed E-state index contributed by atoms with van der Waals surface area (Å²) in [4.78, 5) is 11.9. The molecule has 3 N–H and O–H groups in total. The molecule has 3 heterocycles. The molecular weight excluding hydrogens is 524 g/mol. The van der Waals surface area contributed by atoms with Gasteiger partial charge in [-0.1, -0.05) is 48.0 Å². The van der Waals surface area contributed by atoms with Gasteiger partial charge < -0.3 is 29.3 Å². The van der Waals surface area contributed by atoms with Gasteiger partial charge in [0.05, 0.1) is 30.3 Å². The third-order valence-electron chi connectivity index (χ3n) is 5.71. The summed E-state index contributed by atoms with van der Waals surface area (Å²) in [6.45, 7) is 0.598. The predicted octanol–water partition coefficient (Wildman–Crippen LogP) is 4.69. The van der Waals surface area contributed by atoms with Crippen molar-refractivity contribution in [1.29, 1.82) is 0 Å². The molecule has 10 heteroatoms. The summed E-state index contributed by atoms with van der Waals surface area (Å²) < 4.78 is 11.8. The molecule has 0 saturated carbocycles. The standard InChI is InChI=1S/C28H27ClN4O4S/c29-25-14-21(9-10-26(25)36-17-22-8-4-5-12-30-22)32-27-24-11-13-38(37-18-23(35)16-34)28(24)33(19-31-27)15-20-6-2-1-3-7-20/h1-14,19,23,32,34-35H,15-18H2/t23-,38?/m0/s1. The quantitative estimate of drug-likeness (QED) is 0.298. The van der Waals surface area contributed by atoms with Gasteiger partial charge in [-0.15, -0.1) is 0 Å². The first-order chi connectivity index (χ1) is 18.6. The van der Waals surface area contributed by atoms with Gasteiger partial charge in [-0.05, 0) is 58.1 Å². The third kappa shape index (κ3) is 6.32. The minimum absolute atomic E-state index is 0.0232. The number of aromatic nitrogens is 1. The monoisotopic (exact) mass is 550 g/mol. The number of hydrogen-bond acceptors (Lipinski definition) is 8. The van der Waals surface area contributed by atoms with E-state index in [1.54, 1.807) is 18.6 Å². The lowest BCUT2D eigenvalue weighted by Gasteiger charge is -2.28. The van der Waals surface area contributed by atoms with Crippen molar-refractivity contribution >= 4 is 39.4 Å². The summed E-state index contributed by atoms with van der Waals surface area (Å²) in [5.74, 6) is 1.21. The topological polar surface area (TPSA) is 99.4 Å². The SMILES string of the molecule is OC[C@H](O)COS1=C2C(=C(Nc3ccc(OCc4ccccn4)c(Cl)c3)N=CN2Cc2ccccc2)C=C1. The Labute approximate surface area is 228 Å². The van der Waals surface area contributed by atoms with Crippen molar-refractivity contribution in [2.45, 2.75) is 19.3 Å². The van der Waals surface area contributed by atoms with Gasteiger partial charge in [0.25, 0.3) is 0 Å². The average molecular weight is 551 g/mol. The van der Waals surface area contributed by atoms with Gasteiger partial charge in [0.2, 0.25) is 0 Å². The lowest BCUT2D eigenvalue weighted by Crippen LogP contribution is -2.33. The summed E-state index contributed by atoms with van der Waals surface area (Å²) in [5.41, 5.74) is 3.58. The van der Waals surface area contributed by atoms with Crippen LogP contribution in [0.1, 0.15) is 11.3 Å². The molecule has 0 saturated heterocycles. The van der Waals surface area contributed by atoms with Crippen LogP contribution in [0.15, 0.2) is 101 Å². The zero-order chi connectivity index (χ0) is 26.3. The van der Waals surface area contributed by atoms with Crippen molar-refractivity contribution < 1.29 is 19.1 Å². The average Bonchev–Trinajstić information content (AvgIpc) is 3.38. The molecule has 1 unspecified atom stereocenters. The van der Waals surface area contributed by atoms with Crippen LogP contribution < -0.4 is 10.1 Å². The maximum Gasteiger partial charge on any atom is 0.142 e. The second-order valence-electron chi connectivity index (χ2n) is 8.53. The Balaban J connectivity index is 1.36. The Morgan fingerprint density at radius 2 is 1.92 bits per heavy atom. The number of pyridine rings is 1. The Morgan fingerprint density at radius 1 is 1.08 bits per heavy atom. The fourth-order valence-electron chi connectivity index (χ4n) is 3.83. The number of aliphatic imine (C=N–C) groups is 1. The van der Waals surface area contributed by atoms with Crippen molar-refractivity contribution in [2.75, 3.05) is 18.5 Å². The van der Waals surface area contributed by atoms with Gasteiger partial charge in [0, 0.05) is 24.0 Å². The smallest absolute Gasteiger partial charge is 0.142 e. The molecule has 1 aromatic heterocycles. The zero-order valence-electron chi connectivity index (χ0n) is 20.4. The Hall–Kier alpha value is -3.47. The van der Waals surface area contributed by atoms with Crippen LogP contribution in [0, 0.1) is 0 Å². The minimum atomic E-state index is -0.942. The number of ether oxygens (including phenoxy) is 1. The maximum atomic E-state index is 9.82. The first-order valence-corrected chi connectivity index (χ1v) is 13.6. The van der Waals surface area contributed by atoms with Crippen LogP contribution >= 0.6 is 22.4 Å². The molecule has 38 heavy (non-hydrogen) atoms. The number of aliphatic hydroxyl groups is 2. The third-order valence-corrected chi connectivity index (χ3v) is 7.62. The number of benzene rings is 2. The molecule has 0 bridgehead atoms. The minimum Gasteiger partial charge on any atom is -0.486 e. The summed E-state index contributed by atoms with van der Waals surface area (Å²) in [6, 6.07) is 21.2. The number of aliphatic hydroxyl groups excluding tert-OH is 2. The molecule has 0 amide bonds. The molecule has 0 spiro atoms. The lowest BCUT2D eigenvalue weighted by atomic mass is 10.1. The van der Waals surface area contributed by atoms with E-state index in [1.807, 2.05) is 64.9 Å². The van der Waals surface area contributed by atoms with Crippen LogP contribution in [0.4, 0.5) is 5.69 Å². The van der Waals surface area contributed by atoms with Gasteiger partial charge >= 0.3 is 0 Å². The fraction of sp³-hybridized carbons (Fsp3) is 0.179. The highest BCUT2D eigenvalue weighted by atomic mass is 35.5. The molecule has 2 aromatic carbocycles. The summed E-state index contributed by atoms with van der Waals surface area (Å²) in [6.07, 6.45) is 4.52. The summed E-state index contributed by atoms with van der Waals surface area (Å²) in [5, 5.41) is 24.8. The van der Waals surface area contributed by atoms with Gasteiger partial charge in [-0.2, -0.15) is 0 Å². The predicted molar refractivity (Wildman–Crippen MR) is 152 cm³/mol. The molecule has 8 nitrogen and oxygen atoms in total. The molecule has 196 valence electrons. The van der Waals surface area contributed by atoms with E-state index in [-0.39, 0.29) is 13.2 Å². The van der Waals surface area contributed by atoms with Crippen LogP contribution in [0.3, 0.4) is 0 Å². The fourth-order valence-corrected chi connectivity index (χ4v) is 5.68. The van der Waals surface area contributed by atoms with Crippen LogP contribution in [-0.2, 0) is 17.3 Å². The van der Waals surface area contributed by atoms with E-state index in [4.69, 9.17) is 25.5 Å². The van der Waals surface area contributed by atoms with Crippen molar-refractivity contribution in [3.8, 4) is 5.75 Å². The van der Waals surface area contributed by atoms with Crippen molar-refractivity contribution in [3.63, 3.8) is 0 Å². The van der Waals surface area contributed by atoms with Crippen LogP contribution in [0.5, 0.6) is 5.75 Å². The van der Waals surface area contributed by atoms with Gasteiger partial charge in [0.15, 0.2) is 0 Å². The Morgan fingerprint density at radius 3 is 2.68 bits per heavy atom. The number of nitrogens with one attached hydrogen (secondary N) is 1.